The van der Waals surface area contributed by atoms with E-state index in [9.17, 15) is 4.79 Å². The van der Waals surface area contributed by atoms with E-state index < -0.39 is 8.32 Å². The molecule has 5 nitrogen and oxygen atoms in total. The SMILES string of the molecule is CC[C@H](N)[C@H](C[C@@H](CC(=O)OC)O[Si](C)(C)C(C)(C)C)OCc1ccccc1. The lowest BCUT2D eigenvalue weighted by Gasteiger charge is -2.40. The predicted molar refractivity (Wildman–Crippen MR) is 117 cm³/mol. The molecule has 1 aromatic rings. The summed E-state index contributed by atoms with van der Waals surface area (Å²) in [5.74, 6) is -0.268. The Morgan fingerprint density at radius 1 is 1.18 bits per heavy atom. The quantitative estimate of drug-likeness (QED) is 0.425. The van der Waals surface area contributed by atoms with Gasteiger partial charge in [-0.25, -0.2) is 0 Å². The summed E-state index contributed by atoms with van der Waals surface area (Å²) in [6.07, 6.45) is 1.12. The first-order chi connectivity index (χ1) is 13.0. The molecule has 160 valence electrons. The van der Waals surface area contributed by atoms with Crippen LogP contribution in [0.5, 0.6) is 0 Å². The van der Waals surface area contributed by atoms with Gasteiger partial charge < -0.3 is 19.6 Å². The Kier molecular flexibility index (Phi) is 9.84. The molecule has 0 amide bonds. The molecule has 0 aromatic heterocycles. The molecule has 0 aliphatic rings. The largest absolute Gasteiger partial charge is 0.469 e. The third-order valence-electron chi connectivity index (χ3n) is 5.64. The van der Waals surface area contributed by atoms with Crippen molar-refractivity contribution in [3.05, 3.63) is 35.9 Å². The average Bonchev–Trinajstić information content (AvgIpc) is 2.63. The summed E-state index contributed by atoms with van der Waals surface area (Å²) in [4.78, 5) is 12.0. The van der Waals surface area contributed by atoms with E-state index >= 15 is 0 Å². The number of nitrogens with two attached hydrogens (primary N) is 1. The van der Waals surface area contributed by atoms with Crippen molar-refractivity contribution in [2.75, 3.05) is 7.11 Å². The molecule has 1 aromatic carbocycles. The van der Waals surface area contributed by atoms with Gasteiger partial charge in [0.25, 0.3) is 0 Å². The Morgan fingerprint density at radius 2 is 1.79 bits per heavy atom. The highest BCUT2D eigenvalue weighted by Gasteiger charge is 2.40. The van der Waals surface area contributed by atoms with Crippen molar-refractivity contribution in [3.8, 4) is 0 Å². The summed E-state index contributed by atoms with van der Waals surface area (Å²) in [6, 6.07) is 9.92. The predicted octanol–water partition coefficient (Wildman–Crippen LogP) is 4.65. The van der Waals surface area contributed by atoms with E-state index in [1.54, 1.807) is 0 Å². The molecule has 0 unspecified atom stereocenters. The van der Waals surface area contributed by atoms with Crippen molar-refractivity contribution in [2.24, 2.45) is 5.73 Å². The van der Waals surface area contributed by atoms with Crippen LogP contribution in [0.1, 0.15) is 52.5 Å². The Balaban J connectivity index is 2.92. The minimum Gasteiger partial charge on any atom is -0.469 e. The van der Waals surface area contributed by atoms with Crippen molar-refractivity contribution in [1.82, 2.24) is 0 Å². The normalized spacial score (nSPS) is 15.7. The fourth-order valence-corrected chi connectivity index (χ4v) is 4.07. The zero-order valence-electron chi connectivity index (χ0n) is 18.7. The molecule has 28 heavy (non-hydrogen) atoms. The average molecular weight is 410 g/mol. The number of methoxy groups -OCH3 is 1. The Morgan fingerprint density at radius 3 is 2.29 bits per heavy atom. The van der Waals surface area contributed by atoms with Crippen molar-refractivity contribution in [3.63, 3.8) is 0 Å². The number of ether oxygens (including phenoxy) is 2. The molecule has 0 aliphatic carbocycles. The number of hydrogen-bond acceptors (Lipinski definition) is 5. The molecule has 0 bridgehead atoms. The molecule has 3 atom stereocenters. The molecule has 0 fully saturated rings. The second-order valence-corrected chi connectivity index (χ2v) is 13.7. The minimum atomic E-state index is -2.05. The van der Waals surface area contributed by atoms with Crippen LogP contribution >= 0.6 is 0 Å². The highest BCUT2D eigenvalue weighted by atomic mass is 28.4. The van der Waals surface area contributed by atoms with Crippen LogP contribution in [0, 0.1) is 0 Å². The second-order valence-electron chi connectivity index (χ2n) is 8.92. The molecular formula is C22H39NO4Si. The number of hydrogen-bond donors (Lipinski definition) is 1. The molecule has 0 saturated carbocycles. The van der Waals surface area contributed by atoms with Gasteiger partial charge in [0.1, 0.15) is 0 Å². The standard InChI is InChI=1S/C22H39NO4Si/c1-8-19(23)20(26-16-17-12-10-9-11-13-17)14-18(15-21(24)25-5)27-28(6,7)22(2,3)4/h9-13,18-20H,8,14-16,23H2,1-7H3/t18-,19-,20-/m0/s1. The molecule has 0 heterocycles. The molecule has 6 heteroatoms. The van der Waals surface area contributed by atoms with E-state index in [0.29, 0.717) is 13.0 Å². The van der Waals surface area contributed by atoms with Crippen LogP contribution in [-0.2, 0) is 25.3 Å². The molecule has 0 aliphatic heterocycles. The van der Waals surface area contributed by atoms with E-state index in [1.165, 1.54) is 7.11 Å². The highest BCUT2D eigenvalue weighted by molar-refractivity contribution is 6.74. The van der Waals surface area contributed by atoms with Crippen LogP contribution in [0.2, 0.25) is 18.1 Å². The Bertz CT molecular complexity index is 586. The van der Waals surface area contributed by atoms with Crippen molar-refractivity contribution >= 4 is 14.3 Å². The van der Waals surface area contributed by atoms with Crippen molar-refractivity contribution in [2.45, 2.75) is 89.9 Å². The Hall–Kier alpha value is -1.21. The highest BCUT2D eigenvalue weighted by Crippen LogP contribution is 2.38. The van der Waals surface area contributed by atoms with Gasteiger partial charge in [-0.1, -0.05) is 58.0 Å². The first-order valence-corrected chi connectivity index (χ1v) is 13.1. The fourth-order valence-electron chi connectivity index (χ4n) is 2.70. The lowest BCUT2D eigenvalue weighted by molar-refractivity contribution is -0.143. The summed E-state index contributed by atoms with van der Waals surface area (Å²) in [5.41, 5.74) is 7.46. The molecule has 2 N–H and O–H groups in total. The number of carbonyl (C=O) groups is 1. The lowest BCUT2D eigenvalue weighted by atomic mass is 10.0. The van der Waals surface area contributed by atoms with Crippen LogP contribution < -0.4 is 5.73 Å². The van der Waals surface area contributed by atoms with E-state index in [-0.39, 0.29) is 35.7 Å². The first kappa shape index (κ1) is 24.8. The first-order valence-electron chi connectivity index (χ1n) is 10.2. The van der Waals surface area contributed by atoms with Crippen LogP contribution in [0.3, 0.4) is 0 Å². The maximum absolute atomic E-state index is 12.0. The third-order valence-corrected chi connectivity index (χ3v) is 10.2. The number of carbonyl (C=O) groups excluding carboxylic acids is 1. The van der Waals surface area contributed by atoms with E-state index in [0.717, 1.165) is 12.0 Å². The smallest absolute Gasteiger partial charge is 0.308 e. The van der Waals surface area contributed by atoms with Gasteiger partial charge in [-0.15, -0.1) is 0 Å². The summed E-state index contributed by atoms with van der Waals surface area (Å²) in [6.45, 7) is 13.5. The lowest BCUT2D eigenvalue weighted by Crippen LogP contribution is -2.47. The zero-order chi connectivity index (χ0) is 21.4. The summed E-state index contributed by atoms with van der Waals surface area (Å²) in [5, 5.41) is 0.0502. The molecular weight excluding hydrogens is 370 g/mol. The number of rotatable bonds is 11. The fraction of sp³-hybridized carbons (Fsp3) is 0.682. The van der Waals surface area contributed by atoms with Crippen LogP contribution in [-0.4, -0.2) is 39.6 Å². The number of benzene rings is 1. The van der Waals surface area contributed by atoms with Crippen molar-refractivity contribution in [1.29, 1.82) is 0 Å². The van der Waals surface area contributed by atoms with Gasteiger partial charge in [0, 0.05) is 12.5 Å². The topological polar surface area (TPSA) is 70.8 Å². The molecule has 0 radical (unpaired) electrons. The van der Waals surface area contributed by atoms with E-state index in [4.69, 9.17) is 19.6 Å². The summed E-state index contributed by atoms with van der Waals surface area (Å²) in [7, 11) is -0.641. The monoisotopic (exact) mass is 409 g/mol. The second kappa shape index (κ2) is 11.1. The van der Waals surface area contributed by atoms with Crippen LogP contribution in [0.25, 0.3) is 0 Å². The summed E-state index contributed by atoms with van der Waals surface area (Å²) < 4.78 is 17.6. The Labute approximate surface area is 172 Å². The maximum atomic E-state index is 12.0. The van der Waals surface area contributed by atoms with Crippen molar-refractivity contribution < 1.29 is 18.7 Å². The van der Waals surface area contributed by atoms with Gasteiger partial charge in [0.05, 0.1) is 32.3 Å². The van der Waals surface area contributed by atoms with Gasteiger partial charge in [-0.05, 0) is 30.1 Å². The zero-order valence-corrected chi connectivity index (χ0v) is 19.7. The van der Waals surface area contributed by atoms with Gasteiger partial charge in [0.15, 0.2) is 8.32 Å². The van der Waals surface area contributed by atoms with E-state index in [1.807, 2.05) is 37.3 Å². The van der Waals surface area contributed by atoms with Gasteiger partial charge in [0.2, 0.25) is 0 Å². The molecule has 0 spiro atoms. The van der Waals surface area contributed by atoms with Crippen LogP contribution in [0.4, 0.5) is 0 Å². The van der Waals surface area contributed by atoms with Gasteiger partial charge in [-0.3, -0.25) is 4.79 Å². The number of esters is 1. The molecule has 0 saturated heterocycles. The van der Waals surface area contributed by atoms with Gasteiger partial charge >= 0.3 is 5.97 Å². The summed E-state index contributed by atoms with van der Waals surface area (Å²) >= 11 is 0. The minimum absolute atomic E-state index is 0.0502. The van der Waals surface area contributed by atoms with Gasteiger partial charge in [-0.2, -0.15) is 0 Å². The van der Waals surface area contributed by atoms with E-state index in [2.05, 4.69) is 33.9 Å². The molecule has 1 rings (SSSR count). The maximum Gasteiger partial charge on any atom is 0.308 e. The third kappa shape index (κ3) is 8.03. The van der Waals surface area contributed by atoms with Crippen LogP contribution in [0.15, 0.2) is 30.3 Å².